The molecule has 2 aliphatic heterocycles. The third-order valence-electron chi connectivity index (χ3n) is 6.46. The summed E-state index contributed by atoms with van der Waals surface area (Å²) in [5.74, 6) is 2.16. The lowest BCUT2D eigenvalue weighted by Gasteiger charge is -2.44. The molecule has 27 heavy (non-hydrogen) atoms. The summed E-state index contributed by atoms with van der Waals surface area (Å²) in [5, 5.41) is 0. The number of aromatic nitrogens is 2. The number of hydrogen-bond acceptors (Lipinski definition) is 4. The maximum atomic E-state index is 13.0. The van der Waals surface area contributed by atoms with E-state index in [1.807, 2.05) is 43.3 Å². The van der Waals surface area contributed by atoms with Crippen LogP contribution in [0.15, 0.2) is 36.5 Å². The van der Waals surface area contributed by atoms with Gasteiger partial charge in [0.2, 0.25) is 5.91 Å². The molecule has 142 valence electrons. The lowest BCUT2D eigenvalue weighted by Crippen LogP contribution is -2.52. The smallest absolute Gasteiger partial charge is 0.230 e. The van der Waals surface area contributed by atoms with Crippen LogP contribution in [0.2, 0.25) is 0 Å². The first-order valence-corrected chi connectivity index (χ1v) is 9.94. The van der Waals surface area contributed by atoms with Gasteiger partial charge in [0, 0.05) is 37.4 Å². The zero-order chi connectivity index (χ0) is 19.0. The van der Waals surface area contributed by atoms with E-state index in [-0.39, 0.29) is 17.4 Å². The minimum absolute atomic E-state index is 0.00440. The Balaban J connectivity index is 1.53. The molecule has 0 N–H and O–H groups in total. The number of likely N-dealkylation sites (tertiary alicyclic amines) is 1. The number of benzene rings is 1. The fraction of sp³-hybridized carbons (Fsp3) is 0.500. The van der Waals surface area contributed by atoms with Gasteiger partial charge in [-0.05, 0) is 38.2 Å². The molecular weight excluding hydrogens is 336 g/mol. The van der Waals surface area contributed by atoms with Crippen molar-refractivity contribution < 1.29 is 4.79 Å². The lowest BCUT2D eigenvalue weighted by molar-refractivity contribution is -0.131. The van der Waals surface area contributed by atoms with Crippen LogP contribution in [0.25, 0.3) is 0 Å². The quantitative estimate of drug-likeness (QED) is 0.838. The van der Waals surface area contributed by atoms with Crippen LogP contribution in [0.5, 0.6) is 0 Å². The van der Waals surface area contributed by atoms with E-state index in [0.717, 1.165) is 56.0 Å². The number of rotatable bonds is 3. The summed E-state index contributed by atoms with van der Waals surface area (Å²) in [5.41, 5.74) is 2.32. The fourth-order valence-corrected chi connectivity index (χ4v) is 4.70. The molecule has 0 radical (unpaired) electrons. The van der Waals surface area contributed by atoms with E-state index < -0.39 is 0 Å². The number of carbonyl (C=O) groups is 1. The van der Waals surface area contributed by atoms with Gasteiger partial charge in [0.1, 0.15) is 11.6 Å². The molecule has 1 aromatic carbocycles. The van der Waals surface area contributed by atoms with Crippen molar-refractivity contribution in [3.05, 3.63) is 53.5 Å². The zero-order valence-electron chi connectivity index (χ0n) is 16.5. The first kappa shape index (κ1) is 18.0. The van der Waals surface area contributed by atoms with Crippen LogP contribution in [0.3, 0.4) is 0 Å². The van der Waals surface area contributed by atoms with E-state index in [0.29, 0.717) is 0 Å². The van der Waals surface area contributed by atoms with Gasteiger partial charge in [-0.25, -0.2) is 9.97 Å². The van der Waals surface area contributed by atoms with Crippen molar-refractivity contribution in [2.75, 3.05) is 25.0 Å². The maximum Gasteiger partial charge on any atom is 0.230 e. The number of hydrogen-bond donors (Lipinski definition) is 0. The van der Waals surface area contributed by atoms with E-state index in [4.69, 9.17) is 4.98 Å². The van der Waals surface area contributed by atoms with Crippen molar-refractivity contribution in [1.82, 2.24) is 14.9 Å². The lowest BCUT2D eigenvalue weighted by atomic mass is 9.81. The molecule has 0 aliphatic carbocycles. The summed E-state index contributed by atoms with van der Waals surface area (Å²) in [4.78, 5) is 26.4. The van der Waals surface area contributed by atoms with Crippen LogP contribution in [0.1, 0.15) is 49.1 Å². The highest BCUT2D eigenvalue weighted by atomic mass is 16.2. The van der Waals surface area contributed by atoms with E-state index in [1.54, 1.807) is 0 Å². The summed E-state index contributed by atoms with van der Waals surface area (Å²) in [7, 11) is 1.99. The predicted molar refractivity (Wildman–Crippen MR) is 107 cm³/mol. The van der Waals surface area contributed by atoms with Crippen LogP contribution in [-0.2, 0) is 11.2 Å². The van der Waals surface area contributed by atoms with Gasteiger partial charge in [0.25, 0.3) is 0 Å². The first-order valence-electron chi connectivity index (χ1n) is 9.94. The van der Waals surface area contributed by atoms with Gasteiger partial charge in [-0.3, -0.25) is 4.79 Å². The summed E-state index contributed by atoms with van der Waals surface area (Å²) in [6.45, 7) is 5.96. The topological polar surface area (TPSA) is 49.3 Å². The summed E-state index contributed by atoms with van der Waals surface area (Å²) < 4.78 is 0. The maximum absolute atomic E-state index is 13.0. The minimum Gasteiger partial charge on any atom is -0.356 e. The van der Waals surface area contributed by atoms with Gasteiger partial charge < -0.3 is 9.80 Å². The molecule has 1 aromatic heterocycles. The van der Waals surface area contributed by atoms with Crippen molar-refractivity contribution in [3.8, 4) is 0 Å². The normalized spacial score (nSPS) is 21.9. The molecule has 0 bridgehead atoms. The Bertz CT molecular complexity index is 827. The van der Waals surface area contributed by atoms with Gasteiger partial charge in [0.15, 0.2) is 0 Å². The van der Waals surface area contributed by atoms with Crippen molar-refractivity contribution in [2.24, 2.45) is 0 Å². The van der Waals surface area contributed by atoms with Gasteiger partial charge in [-0.15, -0.1) is 0 Å². The molecule has 1 spiro atoms. The van der Waals surface area contributed by atoms with Crippen molar-refractivity contribution >= 4 is 11.7 Å². The summed E-state index contributed by atoms with van der Waals surface area (Å²) in [6.07, 6.45) is 5.80. The SMILES string of the molecule is CCc1cnc(C)nc1N1CCC2(CC1)CC(c1ccccc1)C(=O)N2C. The molecule has 5 heteroatoms. The number of aryl methyl sites for hydroxylation is 2. The summed E-state index contributed by atoms with van der Waals surface area (Å²) >= 11 is 0. The number of nitrogens with zero attached hydrogens (tertiary/aromatic N) is 4. The molecule has 4 rings (SSSR count). The third-order valence-corrected chi connectivity index (χ3v) is 6.46. The molecule has 2 aromatic rings. The van der Waals surface area contributed by atoms with Crippen molar-refractivity contribution in [2.45, 2.75) is 51.0 Å². The monoisotopic (exact) mass is 364 g/mol. The molecule has 2 saturated heterocycles. The predicted octanol–water partition coefficient (Wildman–Crippen LogP) is 3.33. The van der Waals surface area contributed by atoms with Gasteiger partial charge in [-0.2, -0.15) is 0 Å². The minimum atomic E-state index is -0.0253. The van der Waals surface area contributed by atoms with Crippen molar-refractivity contribution in [3.63, 3.8) is 0 Å². The molecule has 0 saturated carbocycles. The Morgan fingerprint density at radius 1 is 1.19 bits per heavy atom. The van der Waals surface area contributed by atoms with Gasteiger partial charge >= 0.3 is 0 Å². The third kappa shape index (κ3) is 3.09. The van der Waals surface area contributed by atoms with Crippen LogP contribution >= 0.6 is 0 Å². The molecule has 1 atom stereocenters. The standard InChI is InChI=1S/C22H28N4O/c1-4-17-15-23-16(2)24-20(17)26-12-10-22(11-13-26)14-19(21(27)25(22)3)18-8-6-5-7-9-18/h5-9,15,19H,4,10-14H2,1-3H3. The molecular formula is C22H28N4O. The average Bonchev–Trinajstić information content (AvgIpc) is 2.94. The second kappa shape index (κ2) is 6.95. The Morgan fingerprint density at radius 2 is 1.89 bits per heavy atom. The molecule has 2 fully saturated rings. The molecule has 3 heterocycles. The van der Waals surface area contributed by atoms with E-state index in [9.17, 15) is 4.79 Å². The number of anilines is 1. The van der Waals surface area contributed by atoms with Crippen molar-refractivity contribution in [1.29, 1.82) is 0 Å². The van der Waals surface area contributed by atoms with Crippen LogP contribution in [0.4, 0.5) is 5.82 Å². The Kier molecular flexibility index (Phi) is 4.62. The fourth-order valence-electron chi connectivity index (χ4n) is 4.70. The van der Waals surface area contributed by atoms with Gasteiger partial charge in [0.05, 0.1) is 5.92 Å². The molecule has 5 nitrogen and oxygen atoms in total. The second-order valence-corrected chi connectivity index (χ2v) is 7.90. The molecule has 1 unspecified atom stereocenters. The first-order chi connectivity index (χ1) is 13.0. The van der Waals surface area contributed by atoms with Crippen LogP contribution < -0.4 is 4.90 Å². The number of amides is 1. The number of piperidine rings is 1. The second-order valence-electron chi connectivity index (χ2n) is 7.90. The highest BCUT2D eigenvalue weighted by Gasteiger charge is 2.50. The highest BCUT2D eigenvalue weighted by molar-refractivity contribution is 5.87. The van der Waals surface area contributed by atoms with Gasteiger partial charge in [-0.1, -0.05) is 37.3 Å². The average molecular weight is 364 g/mol. The molecule has 1 amide bonds. The number of likely N-dealkylation sites (N-methyl/N-ethyl adjacent to an activating group) is 1. The van der Waals surface area contributed by atoms with Crippen LogP contribution in [0, 0.1) is 6.92 Å². The van der Waals surface area contributed by atoms with Crippen LogP contribution in [-0.4, -0.2) is 46.5 Å². The van der Waals surface area contributed by atoms with E-state index >= 15 is 0 Å². The highest BCUT2D eigenvalue weighted by Crippen LogP contribution is 2.45. The Morgan fingerprint density at radius 3 is 2.56 bits per heavy atom. The van der Waals surface area contributed by atoms with E-state index in [2.05, 4.69) is 28.9 Å². The summed E-state index contributed by atoms with van der Waals surface area (Å²) in [6, 6.07) is 10.2. The zero-order valence-corrected chi connectivity index (χ0v) is 16.5. The Hall–Kier alpha value is -2.43. The largest absolute Gasteiger partial charge is 0.356 e. The number of carbonyl (C=O) groups excluding carboxylic acids is 1. The molecule has 2 aliphatic rings. The Labute approximate surface area is 161 Å². The van der Waals surface area contributed by atoms with E-state index in [1.165, 1.54) is 5.56 Å².